The highest BCUT2D eigenvalue weighted by Gasteiger charge is 2.52. The van der Waals surface area contributed by atoms with E-state index in [4.69, 9.17) is 29.6 Å². The van der Waals surface area contributed by atoms with Crippen molar-refractivity contribution < 1.29 is 47.9 Å². The van der Waals surface area contributed by atoms with E-state index in [-0.39, 0.29) is 6.73 Å². The molecule has 1 saturated heterocycles. The SMILES string of the molecule is CC(=O)N[C@H]1[C@H](OCN)O[C@H](OOC(C)=O)[C@H](OC(C)=O)[C@@H]1OC(C)=O. The van der Waals surface area contributed by atoms with Crippen LogP contribution in [0.1, 0.15) is 27.7 Å². The van der Waals surface area contributed by atoms with Crippen LogP contribution in [0.15, 0.2) is 0 Å². The fraction of sp³-hybridized carbons (Fsp3) is 0.714. The van der Waals surface area contributed by atoms with E-state index in [0.717, 1.165) is 20.8 Å². The molecule has 3 N–H and O–H groups in total. The number of hydrogen-bond acceptors (Lipinski definition) is 11. The lowest BCUT2D eigenvalue weighted by atomic mass is 10.0. The number of hydrogen-bond donors (Lipinski definition) is 2. The molecule has 0 aromatic carbocycles. The number of esters is 2. The zero-order valence-electron chi connectivity index (χ0n) is 14.8. The Bertz CT molecular complexity index is 540. The second kappa shape index (κ2) is 10.0. The molecule has 0 radical (unpaired) electrons. The molecule has 1 aliphatic rings. The van der Waals surface area contributed by atoms with Crippen LogP contribution < -0.4 is 11.1 Å². The zero-order valence-corrected chi connectivity index (χ0v) is 14.8. The Kier molecular flexibility index (Phi) is 8.38. The van der Waals surface area contributed by atoms with Gasteiger partial charge in [0.05, 0.1) is 6.73 Å². The summed E-state index contributed by atoms with van der Waals surface area (Å²) in [6.45, 7) is 4.19. The van der Waals surface area contributed by atoms with Gasteiger partial charge in [0.2, 0.25) is 12.2 Å². The predicted molar refractivity (Wildman–Crippen MR) is 80.4 cm³/mol. The van der Waals surface area contributed by atoms with E-state index < -0.39 is 54.6 Å². The largest absolute Gasteiger partial charge is 0.456 e. The van der Waals surface area contributed by atoms with Crippen LogP contribution in [0.3, 0.4) is 0 Å². The molecule has 1 amide bonds. The summed E-state index contributed by atoms with van der Waals surface area (Å²) in [5.41, 5.74) is 5.35. The molecule has 0 spiro atoms. The van der Waals surface area contributed by atoms with Gasteiger partial charge in [-0.15, -0.1) is 4.89 Å². The van der Waals surface area contributed by atoms with Crippen LogP contribution in [0.25, 0.3) is 0 Å². The second-order valence-electron chi connectivity index (χ2n) is 5.25. The lowest BCUT2D eigenvalue weighted by Crippen LogP contribution is -2.66. The number of amides is 1. The lowest BCUT2D eigenvalue weighted by Gasteiger charge is -2.43. The van der Waals surface area contributed by atoms with Crippen LogP contribution in [0.5, 0.6) is 0 Å². The summed E-state index contributed by atoms with van der Waals surface area (Å²) in [6, 6.07) is -1.08. The topological polar surface area (TPSA) is 162 Å². The van der Waals surface area contributed by atoms with Crippen LogP contribution in [0.4, 0.5) is 0 Å². The van der Waals surface area contributed by atoms with E-state index in [0.29, 0.717) is 0 Å². The Morgan fingerprint density at radius 3 is 1.96 bits per heavy atom. The molecule has 0 bridgehead atoms. The first-order chi connectivity index (χ1) is 12.1. The molecule has 148 valence electrons. The first-order valence-electron chi connectivity index (χ1n) is 7.58. The summed E-state index contributed by atoms with van der Waals surface area (Å²) >= 11 is 0. The highest BCUT2D eigenvalue weighted by atomic mass is 17.2. The van der Waals surface area contributed by atoms with Crippen LogP contribution >= 0.6 is 0 Å². The maximum Gasteiger partial charge on any atom is 0.339 e. The fourth-order valence-corrected chi connectivity index (χ4v) is 2.27. The van der Waals surface area contributed by atoms with Crippen LogP contribution in [0, 0.1) is 0 Å². The van der Waals surface area contributed by atoms with Gasteiger partial charge >= 0.3 is 17.9 Å². The minimum atomic E-state index is -1.51. The van der Waals surface area contributed by atoms with E-state index in [1.54, 1.807) is 0 Å². The molecule has 1 heterocycles. The van der Waals surface area contributed by atoms with E-state index in [1.807, 2.05) is 0 Å². The van der Waals surface area contributed by atoms with E-state index in [1.165, 1.54) is 6.92 Å². The molecule has 1 aliphatic heterocycles. The average Bonchev–Trinajstić information content (AvgIpc) is 2.50. The van der Waals surface area contributed by atoms with Gasteiger partial charge in [-0.1, -0.05) is 0 Å². The standard InChI is InChI=1S/C14H22N2O10/c1-6(17)16-10-11(22-7(2)18)12(23-8(3)19)14(26-25-9(4)20)24-13(10)21-5-15/h10-14H,5,15H2,1-4H3,(H,16,17)/t10-,11-,12-,13-,14-/m1/s1. The summed E-state index contributed by atoms with van der Waals surface area (Å²) in [4.78, 5) is 54.7. The van der Waals surface area contributed by atoms with Crippen molar-refractivity contribution in [1.29, 1.82) is 0 Å². The Labute approximate surface area is 149 Å². The van der Waals surface area contributed by atoms with Gasteiger partial charge in [0.25, 0.3) is 0 Å². The quantitative estimate of drug-likeness (QED) is 0.229. The zero-order chi connectivity index (χ0) is 19.9. The molecule has 0 unspecified atom stereocenters. The number of nitrogens with two attached hydrogens (primary N) is 1. The molecular weight excluding hydrogens is 356 g/mol. The number of carbonyl (C=O) groups is 4. The first-order valence-corrected chi connectivity index (χ1v) is 7.58. The molecular formula is C14H22N2O10. The molecule has 26 heavy (non-hydrogen) atoms. The van der Waals surface area contributed by atoms with Gasteiger partial charge in [0.15, 0.2) is 18.5 Å². The van der Waals surface area contributed by atoms with Gasteiger partial charge in [-0.2, -0.15) is 0 Å². The number of carbonyl (C=O) groups excluding carboxylic acids is 4. The van der Waals surface area contributed by atoms with Crippen molar-refractivity contribution in [3.63, 3.8) is 0 Å². The summed E-state index contributed by atoms with van der Waals surface area (Å²) < 4.78 is 20.9. The van der Waals surface area contributed by atoms with Crippen LogP contribution in [-0.4, -0.2) is 61.4 Å². The molecule has 0 aliphatic carbocycles. The highest BCUT2D eigenvalue weighted by molar-refractivity contribution is 5.73. The summed E-state index contributed by atoms with van der Waals surface area (Å²) in [5, 5.41) is 2.48. The van der Waals surface area contributed by atoms with Crippen LogP contribution in [-0.2, 0) is 47.9 Å². The normalized spacial score (nSPS) is 28.0. The molecule has 1 rings (SSSR count). The van der Waals surface area contributed by atoms with Crippen molar-refractivity contribution >= 4 is 23.8 Å². The molecule has 0 saturated carbocycles. The monoisotopic (exact) mass is 378 g/mol. The van der Waals surface area contributed by atoms with Gasteiger partial charge in [0.1, 0.15) is 6.04 Å². The van der Waals surface area contributed by atoms with Crippen molar-refractivity contribution in [3.8, 4) is 0 Å². The molecule has 12 nitrogen and oxygen atoms in total. The van der Waals surface area contributed by atoms with E-state index in [9.17, 15) is 19.2 Å². The Hall–Kier alpha value is -2.28. The molecule has 12 heteroatoms. The summed E-state index contributed by atoms with van der Waals surface area (Å²) in [7, 11) is 0. The maximum absolute atomic E-state index is 11.5. The summed E-state index contributed by atoms with van der Waals surface area (Å²) in [5.74, 6) is -2.80. The van der Waals surface area contributed by atoms with E-state index in [2.05, 4.69) is 10.2 Å². The highest BCUT2D eigenvalue weighted by Crippen LogP contribution is 2.28. The average molecular weight is 378 g/mol. The molecule has 0 aromatic rings. The Balaban J connectivity index is 3.22. The van der Waals surface area contributed by atoms with Crippen LogP contribution in [0.2, 0.25) is 0 Å². The third kappa shape index (κ3) is 6.55. The van der Waals surface area contributed by atoms with Crippen molar-refractivity contribution in [2.24, 2.45) is 5.73 Å². The third-order valence-electron chi connectivity index (χ3n) is 3.00. The minimum absolute atomic E-state index is 0.313. The Morgan fingerprint density at radius 1 is 0.923 bits per heavy atom. The minimum Gasteiger partial charge on any atom is -0.456 e. The molecule has 5 atom stereocenters. The van der Waals surface area contributed by atoms with Gasteiger partial charge < -0.3 is 30.0 Å². The van der Waals surface area contributed by atoms with Crippen molar-refractivity contribution in [1.82, 2.24) is 5.32 Å². The second-order valence-corrected chi connectivity index (χ2v) is 5.25. The van der Waals surface area contributed by atoms with Crippen molar-refractivity contribution in [2.75, 3.05) is 6.73 Å². The van der Waals surface area contributed by atoms with Crippen molar-refractivity contribution in [2.45, 2.75) is 58.5 Å². The third-order valence-corrected chi connectivity index (χ3v) is 3.00. The summed E-state index contributed by atoms with van der Waals surface area (Å²) in [6.07, 6.45) is -5.40. The van der Waals surface area contributed by atoms with Gasteiger partial charge in [-0.05, 0) is 0 Å². The van der Waals surface area contributed by atoms with E-state index >= 15 is 0 Å². The number of rotatable bonds is 7. The molecule has 1 fully saturated rings. The molecule has 0 aromatic heterocycles. The maximum atomic E-state index is 11.5. The van der Waals surface area contributed by atoms with Gasteiger partial charge in [-0.3, -0.25) is 19.3 Å². The number of nitrogens with one attached hydrogen (secondary N) is 1. The fourth-order valence-electron chi connectivity index (χ4n) is 2.27. The van der Waals surface area contributed by atoms with Gasteiger partial charge in [0, 0.05) is 27.7 Å². The Morgan fingerprint density at radius 2 is 1.50 bits per heavy atom. The van der Waals surface area contributed by atoms with Crippen molar-refractivity contribution in [3.05, 3.63) is 0 Å². The first kappa shape index (κ1) is 21.8. The van der Waals surface area contributed by atoms with Gasteiger partial charge in [-0.25, -0.2) is 4.79 Å². The number of ether oxygens (including phenoxy) is 4. The lowest BCUT2D eigenvalue weighted by molar-refractivity contribution is -0.416. The predicted octanol–water partition coefficient (Wildman–Crippen LogP) is -1.54. The smallest absolute Gasteiger partial charge is 0.339 e.